The van der Waals surface area contributed by atoms with E-state index in [0.717, 1.165) is 12.0 Å². The number of aryl methyl sites for hydroxylation is 1. The van der Waals surface area contributed by atoms with Gasteiger partial charge in [0.25, 0.3) is 17.4 Å². The molecule has 0 spiro atoms. The van der Waals surface area contributed by atoms with E-state index in [-0.39, 0.29) is 23.4 Å². The predicted octanol–water partition coefficient (Wildman–Crippen LogP) is 3.93. The topological polar surface area (TPSA) is 80.2 Å². The maximum absolute atomic E-state index is 12.8. The summed E-state index contributed by atoms with van der Waals surface area (Å²) >= 11 is 0. The number of nitrogens with zero attached hydrogens (tertiary/aromatic N) is 1. The maximum Gasteiger partial charge on any atom is 0.267 e. The van der Waals surface area contributed by atoms with Gasteiger partial charge in [0.15, 0.2) is 0 Å². The summed E-state index contributed by atoms with van der Waals surface area (Å²) in [5.74, 6) is -0.576. The van der Waals surface area contributed by atoms with Crippen LogP contribution in [-0.4, -0.2) is 22.4 Å². The SMILES string of the molecule is CC[C@H](C)NC(=O)c1cccn(-c2ccc(NC(=O)c3ccccc3C)cc2)c1=O. The molecule has 1 heterocycles. The Bertz CT molecular complexity index is 1120. The molecule has 3 rings (SSSR count). The van der Waals surface area contributed by atoms with Crippen LogP contribution in [0.1, 0.15) is 46.5 Å². The number of anilines is 1. The van der Waals surface area contributed by atoms with E-state index < -0.39 is 5.56 Å². The number of nitrogens with one attached hydrogen (secondary N) is 2. The molecule has 30 heavy (non-hydrogen) atoms. The summed E-state index contributed by atoms with van der Waals surface area (Å²) in [6, 6.07) is 17.4. The van der Waals surface area contributed by atoms with Crippen molar-refractivity contribution in [2.45, 2.75) is 33.2 Å². The van der Waals surface area contributed by atoms with Crippen molar-refractivity contribution in [2.24, 2.45) is 0 Å². The first-order valence-corrected chi connectivity index (χ1v) is 9.90. The van der Waals surface area contributed by atoms with Crippen molar-refractivity contribution in [3.63, 3.8) is 0 Å². The number of pyridine rings is 1. The summed E-state index contributed by atoms with van der Waals surface area (Å²) in [6.45, 7) is 5.74. The third kappa shape index (κ3) is 4.66. The summed E-state index contributed by atoms with van der Waals surface area (Å²) in [7, 11) is 0. The molecular formula is C24H25N3O3. The van der Waals surface area contributed by atoms with Crippen LogP contribution in [0.2, 0.25) is 0 Å². The molecule has 0 saturated heterocycles. The van der Waals surface area contributed by atoms with Crippen molar-refractivity contribution in [3.8, 4) is 5.69 Å². The van der Waals surface area contributed by atoms with E-state index in [1.165, 1.54) is 10.6 Å². The van der Waals surface area contributed by atoms with Crippen molar-refractivity contribution in [1.82, 2.24) is 9.88 Å². The van der Waals surface area contributed by atoms with Crippen LogP contribution in [-0.2, 0) is 0 Å². The molecule has 6 nitrogen and oxygen atoms in total. The molecule has 2 N–H and O–H groups in total. The van der Waals surface area contributed by atoms with E-state index in [9.17, 15) is 14.4 Å². The van der Waals surface area contributed by atoms with Crippen molar-refractivity contribution >= 4 is 17.5 Å². The predicted molar refractivity (Wildman–Crippen MR) is 118 cm³/mol. The molecule has 1 aromatic heterocycles. The van der Waals surface area contributed by atoms with Gasteiger partial charge in [-0.2, -0.15) is 0 Å². The highest BCUT2D eigenvalue weighted by Crippen LogP contribution is 2.15. The van der Waals surface area contributed by atoms with Gasteiger partial charge in [0.05, 0.1) is 0 Å². The Morgan fingerprint density at radius 3 is 2.27 bits per heavy atom. The Morgan fingerprint density at radius 1 is 0.933 bits per heavy atom. The smallest absolute Gasteiger partial charge is 0.267 e. The minimum atomic E-state index is -0.394. The molecule has 0 aliphatic carbocycles. The molecule has 0 unspecified atom stereocenters. The highest BCUT2D eigenvalue weighted by Gasteiger charge is 2.15. The molecule has 154 valence electrons. The summed E-state index contributed by atoms with van der Waals surface area (Å²) in [6.07, 6.45) is 2.39. The van der Waals surface area contributed by atoms with Crippen LogP contribution in [0.25, 0.3) is 5.69 Å². The number of amides is 2. The minimum Gasteiger partial charge on any atom is -0.349 e. The molecule has 3 aromatic rings. The van der Waals surface area contributed by atoms with Crippen LogP contribution in [0.3, 0.4) is 0 Å². The van der Waals surface area contributed by atoms with E-state index in [4.69, 9.17) is 0 Å². The highest BCUT2D eigenvalue weighted by atomic mass is 16.2. The second-order valence-corrected chi connectivity index (χ2v) is 7.20. The van der Waals surface area contributed by atoms with E-state index in [2.05, 4.69) is 10.6 Å². The van der Waals surface area contributed by atoms with Gasteiger partial charge < -0.3 is 10.6 Å². The number of rotatable bonds is 6. The standard InChI is InChI=1S/C24H25N3O3/c1-4-17(3)25-23(29)21-10-7-15-27(24(21)30)19-13-11-18(12-14-19)26-22(28)20-9-6-5-8-16(20)2/h5-15,17H,4H2,1-3H3,(H,25,29)(H,26,28)/t17-/m0/s1. The second kappa shape index (κ2) is 9.22. The van der Waals surface area contributed by atoms with Crippen molar-refractivity contribution in [2.75, 3.05) is 5.32 Å². The van der Waals surface area contributed by atoms with Gasteiger partial charge >= 0.3 is 0 Å². The molecule has 2 amide bonds. The summed E-state index contributed by atoms with van der Waals surface area (Å²) in [5.41, 5.74) is 2.42. The Morgan fingerprint density at radius 2 is 1.60 bits per heavy atom. The largest absolute Gasteiger partial charge is 0.349 e. The zero-order valence-electron chi connectivity index (χ0n) is 17.3. The van der Waals surface area contributed by atoms with Gasteiger partial charge in [-0.05, 0) is 68.3 Å². The molecule has 0 fully saturated rings. The molecule has 0 bridgehead atoms. The van der Waals surface area contributed by atoms with Crippen LogP contribution in [0.4, 0.5) is 5.69 Å². The minimum absolute atomic E-state index is 0.0123. The normalized spacial score (nSPS) is 11.6. The van der Waals surface area contributed by atoms with Gasteiger partial charge in [-0.1, -0.05) is 25.1 Å². The fourth-order valence-electron chi connectivity index (χ4n) is 3.01. The summed E-state index contributed by atoms with van der Waals surface area (Å²) in [5, 5.41) is 5.68. The second-order valence-electron chi connectivity index (χ2n) is 7.20. The lowest BCUT2D eigenvalue weighted by atomic mass is 10.1. The monoisotopic (exact) mass is 403 g/mol. The third-order valence-corrected chi connectivity index (χ3v) is 4.97. The van der Waals surface area contributed by atoms with Crippen molar-refractivity contribution < 1.29 is 9.59 Å². The summed E-state index contributed by atoms with van der Waals surface area (Å²) in [4.78, 5) is 37.6. The molecule has 0 radical (unpaired) electrons. The van der Waals surface area contributed by atoms with Gasteiger partial charge in [0.2, 0.25) is 0 Å². The average Bonchev–Trinajstić information content (AvgIpc) is 2.74. The number of benzene rings is 2. The third-order valence-electron chi connectivity index (χ3n) is 4.97. The highest BCUT2D eigenvalue weighted by molar-refractivity contribution is 6.05. The first-order valence-electron chi connectivity index (χ1n) is 9.90. The fraction of sp³-hybridized carbons (Fsp3) is 0.208. The molecule has 2 aromatic carbocycles. The van der Waals surface area contributed by atoms with Crippen molar-refractivity contribution in [3.05, 3.63) is 93.9 Å². The molecular weight excluding hydrogens is 378 g/mol. The molecule has 0 saturated carbocycles. The fourth-order valence-corrected chi connectivity index (χ4v) is 3.01. The van der Waals surface area contributed by atoms with E-state index in [0.29, 0.717) is 16.9 Å². The number of hydrogen-bond acceptors (Lipinski definition) is 3. The number of carbonyl (C=O) groups excluding carboxylic acids is 2. The van der Waals surface area contributed by atoms with Gasteiger partial charge in [0.1, 0.15) is 5.56 Å². The lowest BCUT2D eigenvalue weighted by Gasteiger charge is -2.13. The Kier molecular flexibility index (Phi) is 6.47. The van der Waals surface area contributed by atoms with Gasteiger partial charge in [-0.25, -0.2) is 0 Å². The molecule has 0 aliphatic heterocycles. The number of carbonyl (C=O) groups is 2. The van der Waals surface area contributed by atoms with E-state index in [1.807, 2.05) is 39.0 Å². The summed E-state index contributed by atoms with van der Waals surface area (Å²) < 4.78 is 1.42. The van der Waals surface area contributed by atoms with Gasteiger partial charge in [-0.15, -0.1) is 0 Å². The zero-order chi connectivity index (χ0) is 21.7. The quantitative estimate of drug-likeness (QED) is 0.654. The first kappa shape index (κ1) is 21.0. The number of aromatic nitrogens is 1. The van der Waals surface area contributed by atoms with Crippen LogP contribution in [0, 0.1) is 6.92 Å². The Labute approximate surface area is 175 Å². The lowest BCUT2D eigenvalue weighted by molar-refractivity contribution is 0.0936. The van der Waals surface area contributed by atoms with Crippen LogP contribution in [0.5, 0.6) is 0 Å². The van der Waals surface area contributed by atoms with E-state index in [1.54, 1.807) is 42.6 Å². The first-order chi connectivity index (χ1) is 14.4. The van der Waals surface area contributed by atoms with Crippen LogP contribution < -0.4 is 16.2 Å². The van der Waals surface area contributed by atoms with Crippen LogP contribution >= 0.6 is 0 Å². The molecule has 0 aliphatic rings. The molecule has 6 heteroatoms. The average molecular weight is 403 g/mol. The Hall–Kier alpha value is -3.67. The zero-order valence-corrected chi connectivity index (χ0v) is 17.3. The van der Waals surface area contributed by atoms with E-state index >= 15 is 0 Å². The number of hydrogen-bond donors (Lipinski definition) is 2. The van der Waals surface area contributed by atoms with Crippen molar-refractivity contribution in [1.29, 1.82) is 0 Å². The lowest BCUT2D eigenvalue weighted by Crippen LogP contribution is -2.36. The van der Waals surface area contributed by atoms with Gasteiger partial charge in [-0.3, -0.25) is 19.0 Å². The van der Waals surface area contributed by atoms with Crippen LogP contribution in [0.15, 0.2) is 71.7 Å². The Balaban J connectivity index is 1.80. The maximum atomic E-state index is 12.8. The van der Waals surface area contributed by atoms with Gasteiger partial charge in [0, 0.05) is 29.2 Å². The molecule has 1 atom stereocenters.